The van der Waals surface area contributed by atoms with E-state index in [1.807, 2.05) is 11.8 Å². The molecule has 1 saturated carbocycles. The number of anilines is 1. The van der Waals surface area contributed by atoms with E-state index in [2.05, 4.69) is 22.0 Å². The smallest absolute Gasteiger partial charge is 0.162 e. The zero-order chi connectivity index (χ0) is 11.6. The number of hydrogen-bond acceptors (Lipinski definition) is 5. The van der Waals surface area contributed by atoms with Crippen molar-refractivity contribution in [2.75, 3.05) is 18.1 Å². The third-order valence-electron chi connectivity index (χ3n) is 3.03. The maximum atomic E-state index is 8.93. The van der Waals surface area contributed by atoms with Gasteiger partial charge in [-0.05, 0) is 30.6 Å². The van der Waals surface area contributed by atoms with E-state index in [1.54, 1.807) is 0 Å². The highest BCUT2D eigenvalue weighted by molar-refractivity contribution is 8.00. The molecule has 6 heteroatoms. The highest BCUT2D eigenvalue weighted by Crippen LogP contribution is 2.43. The molecule has 0 unspecified atom stereocenters. The van der Waals surface area contributed by atoms with E-state index in [9.17, 15) is 0 Å². The van der Waals surface area contributed by atoms with Gasteiger partial charge in [0, 0.05) is 11.3 Å². The van der Waals surface area contributed by atoms with Crippen LogP contribution in [0.1, 0.15) is 24.8 Å². The Hall–Kier alpha value is -0.440. The SMILES string of the molecule is CSC1(CNc2snc(Cl)c2C#N)CCC1. The normalized spacial score (nSPS) is 17.6. The molecule has 16 heavy (non-hydrogen) atoms. The van der Waals surface area contributed by atoms with E-state index >= 15 is 0 Å². The standard InChI is InChI=1S/C10H12ClN3S2/c1-15-10(3-2-4-10)6-13-9-7(5-12)8(11)14-16-9/h13H,2-4,6H2,1H3. The zero-order valence-electron chi connectivity index (χ0n) is 8.92. The van der Waals surface area contributed by atoms with Crippen LogP contribution in [0.5, 0.6) is 0 Å². The molecule has 0 spiro atoms. The molecule has 2 rings (SSSR count). The Morgan fingerprint density at radius 3 is 2.94 bits per heavy atom. The molecule has 1 aromatic heterocycles. The fourth-order valence-corrected chi connectivity index (χ4v) is 3.60. The first kappa shape index (κ1) is 12.0. The Kier molecular flexibility index (Phi) is 3.63. The Labute approximate surface area is 108 Å². The van der Waals surface area contributed by atoms with Crippen molar-refractivity contribution in [3.63, 3.8) is 0 Å². The molecule has 1 aliphatic rings. The van der Waals surface area contributed by atoms with Gasteiger partial charge in [-0.3, -0.25) is 0 Å². The molecule has 3 nitrogen and oxygen atoms in total. The summed E-state index contributed by atoms with van der Waals surface area (Å²) in [6.07, 6.45) is 5.94. The highest BCUT2D eigenvalue weighted by atomic mass is 35.5. The number of nitrogens with zero attached hydrogens (tertiary/aromatic N) is 2. The molecule has 1 aliphatic carbocycles. The van der Waals surface area contributed by atoms with Crippen molar-refractivity contribution in [3.05, 3.63) is 10.7 Å². The number of thioether (sulfide) groups is 1. The van der Waals surface area contributed by atoms with E-state index in [-0.39, 0.29) is 0 Å². The summed E-state index contributed by atoms with van der Waals surface area (Å²) in [5.41, 5.74) is 0.474. The van der Waals surface area contributed by atoms with E-state index in [0.29, 0.717) is 15.5 Å². The summed E-state index contributed by atoms with van der Waals surface area (Å²) in [7, 11) is 0. The third kappa shape index (κ3) is 2.15. The highest BCUT2D eigenvalue weighted by Gasteiger charge is 2.36. The molecule has 1 aromatic rings. The summed E-state index contributed by atoms with van der Waals surface area (Å²) in [6, 6.07) is 2.08. The van der Waals surface area contributed by atoms with Crippen LogP contribution in [-0.4, -0.2) is 21.9 Å². The number of rotatable bonds is 4. The summed E-state index contributed by atoms with van der Waals surface area (Å²) in [5, 5.41) is 13.3. The van der Waals surface area contributed by atoms with Gasteiger partial charge in [-0.2, -0.15) is 21.4 Å². The number of nitrogens with one attached hydrogen (secondary N) is 1. The Morgan fingerprint density at radius 1 is 1.69 bits per heavy atom. The van der Waals surface area contributed by atoms with Crippen molar-refractivity contribution in [1.82, 2.24) is 4.37 Å². The first-order valence-corrected chi connectivity index (χ1v) is 7.43. The lowest BCUT2D eigenvalue weighted by molar-refractivity contribution is 0.380. The minimum absolute atomic E-state index is 0.307. The largest absolute Gasteiger partial charge is 0.373 e. The molecule has 0 aromatic carbocycles. The summed E-state index contributed by atoms with van der Waals surface area (Å²) >= 11 is 8.97. The molecule has 0 atom stereocenters. The van der Waals surface area contributed by atoms with Gasteiger partial charge in [0.05, 0.1) is 0 Å². The molecule has 0 amide bonds. The van der Waals surface area contributed by atoms with Crippen LogP contribution in [0.25, 0.3) is 0 Å². The van der Waals surface area contributed by atoms with Gasteiger partial charge in [0.1, 0.15) is 16.6 Å². The monoisotopic (exact) mass is 273 g/mol. The zero-order valence-corrected chi connectivity index (χ0v) is 11.3. The van der Waals surface area contributed by atoms with Crippen LogP contribution >= 0.6 is 34.9 Å². The maximum absolute atomic E-state index is 8.93. The molecule has 0 aliphatic heterocycles. The summed E-state index contributed by atoms with van der Waals surface area (Å²) in [4.78, 5) is 0. The van der Waals surface area contributed by atoms with E-state index in [1.165, 1.54) is 30.8 Å². The number of halogens is 1. The molecule has 0 saturated heterocycles. The molecular weight excluding hydrogens is 262 g/mol. The predicted octanol–water partition coefficient (Wildman–Crippen LogP) is 3.37. The first-order valence-electron chi connectivity index (χ1n) is 5.05. The van der Waals surface area contributed by atoms with Crippen LogP contribution in [0.3, 0.4) is 0 Å². The van der Waals surface area contributed by atoms with Gasteiger partial charge in [-0.15, -0.1) is 0 Å². The van der Waals surface area contributed by atoms with Crippen LogP contribution in [0, 0.1) is 11.3 Å². The van der Waals surface area contributed by atoms with Crippen LogP contribution in [-0.2, 0) is 0 Å². The second-order valence-corrected chi connectivity index (χ2v) is 6.29. The van der Waals surface area contributed by atoms with E-state index in [4.69, 9.17) is 16.9 Å². The molecule has 0 radical (unpaired) electrons. The minimum Gasteiger partial charge on any atom is -0.373 e. The Bertz CT molecular complexity index is 415. The van der Waals surface area contributed by atoms with Gasteiger partial charge in [-0.25, -0.2) is 0 Å². The molecule has 1 fully saturated rings. The van der Waals surface area contributed by atoms with Crippen molar-refractivity contribution in [1.29, 1.82) is 5.26 Å². The molecule has 0 bridgehead atoms. The van der Waals surface area contributed by atoms with E-state index < -0.39 is 0 Å². The number of hydrogen-bond donors (Lipinski definition) is 1. The lowest BCUT2D eigenvalue weighted by atomic mass is 9.84. The predicted molar refractivity (Wildman–Crippen MR) is 70.4 cm³/mol. The molecule has 1 heterocycles. The van der Waals surface area contributed by atoms with Crippen LogP contribution in [0.15, 0.2) is 0 Å². The Morgan fingerprint density at radius 2 is 2.44 bits per heavy atom. The average molecular weight is 274 g/mol. The number of aromatic nitrogens is 1. The lowest BCUT2D eigenvalue weighted by Crippen LogP contribution is -2.40. The van der Waals surface area contributed by atoms with Gasteiger partial charge < -0.3 is 5.32 Å². The molecular formula is C10H12ClN3S2. The second-order valence-electron chi connectivity index (χ2n) is 3.88. The first-order chi connectivity index (χ1) is 7.71. The second kappa shape index (κ2) is 4.82. The molecule has 86 valence electrons. The van der Waals surface area contributed by atoms with Crippen molar-refractivity contribution < 1.29 is 0 Å². The van der Waals surface area contributed by atoms with Crippen LogP contribution in [0.2, 0.25) is 5.15 Å². The van der Waals surface area contributed by atoms with Crippen molar-refractivity contribution in [2.24, 2.45) is 0 Å². The van der Waals surface area contributed by atoms with Crippen LogP contribution < -0.4 is 5.32 Å². The fourth-order valence-electron chi connectivity index (χ4n) is 1.75. The van der Waals surface area contributed by atoms with Gasteiger partial charge in [-0.1, -0.05) is 18.0 Å². The Balaban J connectivity index is 2.02. The maximum Gasteiger partial charge on any atom is 0.162 e. The van der Waals surface area contributed by atoms with Gasteiger partial charge in [0.15, 0.2) is 5.15 Å². The van der Waals surface area contributed by atoms with Gasteiger partial charge in [0.25, 0.3) is 0 Å². The average Bonchev–Trinajstić information content (AvgIpc) is 2.58. The topological polar surface area (TPSA) is 48.7 Å². The quantitative estimate of drug-likeness (QED) is 0.914. The third-order valence-corrected chi connectivity index (χ3v) is 5.63. The number of nitriles is 1. The summed E-state index contributed by atoms with van der Waals surface area (Å²) in [6.45, 7) is 0.890. The van der Waals surface area contributed by atoms with Crippen molar-refractivity contribution in [2.45, 2.75) is 24.0 Å². The van der Waals surface area contributed by atoms with Gasteiger partial charge in [0.2, 0.25) is 0 Å². The van der Waals surface area contributed by atoms with Crippen molar-refractivity contribution >= 4 is 39.9 Å². The lowest BCUT2D eigenvalue weighted by Gasteiger charge is -2.40. The fraction of sp³-hybridized carbons (Fsp3) is 0.600. The summed E-state index contributed by atoms with van der Waals surface area (Å²) in [5.74, 6) is 0. The van der Waals surface area contributed by atoms with E-state index in [0.717, 1.165) is 11.5 Å². The van der Waals surface area contributed by atoms with Crippen molar-refractivity contribution in [3.8, 4) is 6.07 Å². The summed E-state index contributed by atoms with van der Waals surface area (Å²) < 4.78 is 4.32. The van der Waals surface area contributed by atoms with Crippen LogP contribution in [0.4, 0.5) is 5.00 Å². The van der Waals surface area contributed by atoms with Gasteiger partial charge >= 0.3 is 0 Å². The minimum atomic E-state index is 0.307. The molecule has 1 N–H and O–H groups in total.